The van der Waals surface area contributed by atoms with Crippen LogP contribution in [0, 0.1) is 18.3 Å². The van der Waals surface area contributed by atoms with Gasteiger partial charge >= 0.3 is 0 Å². The maximum atomic E-state index is 6.23. The van der Waals surface area contributed by atoms with Crippen molar-refractivity contribution < 1.29 is 0 Å². The monoisotopic (exact) mass is 357 g/mol. The molecule has 3 heteroatoms. The minimum atomic E-state index is 0.443. The van der Waals surface area contributed by atoms with Gasteiger partial charge in [-0.1, -0.05) is 32.4 Å². The minimum absolute atomic E-state index is 0.443. The number of hydrogen-bond acceptors (Lipinski definition) is 1. The highest BCUT2D eigenvalue weighted by Gasteiger charge is 2.29. The highest BCUT2D eigenvalue weighted by molar-refractivity contribution is 9.10. The van der Waals surface area contributed by atoms with Crippen LogP contribution < -0.4 is 5.32 Å². The van der Waals surface area contributed by atoms with Gasteiger partial charge in [-0.3, -0.25) is 0 Å². The summed E-state index contributed by atoms with van der Waals surface area (Å²) in [5.41, 5.74) is 2.68. The van der Waals surface area contributed by atoms with Gasteiger partial charge in [0.25, 0.3) is 0 Å². The van der Waals surface area contributed by atoms with Crippen LogP contribution in [0.1, 0.15) is 52.0 Å². The molecule has 1 fully saturated rings. The molecule has 0 heterocycles. The lowest BCUT2D eigenvalue weighted by atomic mass is 9.71. The number of benzene rings is 1. The van der Waals surface area contributed by atoms with Crippen LogP contribution in [0.15, 0.2) is 16.6 Å². The molecule has 1 aromatic carbocycles. The van der Waals surface area contributed by atoms with Crippen molar-refractivity contribution in [2.45, 2.75) is 59.4 Å². The number of halogens is 2. The first-order valence-electron chi connectivity index (χ1n) is 7.49. The molecule has 0 unspecified atom stereocenters. The van der Waals surface area contributed by atoms with Gasteiger partial charge in [0.05, 0.1) is 5.69 Å². The summed E-state index contributed by atoms with van der Waals surface area (Å²) in [6.07, 6.45) is 5.14. The molecule has 1 N–H and O–H groups in total. The van der Waals surface area contributed by atoms with E-state index in [2.05, 4.69) is 48.1 Å². The molecule has 0 aliphatic heterocycles. The van der Waals surface area contributed by atoms with E-state index in [1.165, 1.54) is 25.7 Å². The third-order valence-electron chi connectivity index (χ3n) is 4.56. The number of anilines is 1. The summed E-state index contributed by atoms with van der Waals surface area (Å²) < 4.78 is 1.11. The van der Waals surface area contributed by atoms with Gasteiger partial charge in [0, 0.05) is 15.5 Å². The minimum Gasteiger partial charge on any atom is -0.381 e. The molecule has 112 valence electrons. The zero-order chi connectivity index (χ0) is 14.9. The van der Waals surface area contributed by atoms with E-state index < -0.39 is 0 Å². The summed E-state index contributed by atoms with van der Waals surface area (Å²) in [6.45, 7) is 9.12. The zero-order valence-corrected chi connectivity index (χ0v) is 15.2. The molecule has 0 spiro atoms. The van der Waals surface area contributed by atoms with Gasteiger partial charge in [0.15, 0.2) is 0 Å². The van der Waals surface area contributed by atoms with Crippen molar-refractivity contribution in [3.05, 3.63) is 27.2 Å². The van der Waals surface area contributed by atoms with Crippen molar-refractivity contribution in [3.8, 4) is 0 Å². The maximum absolute atomic E-state index is 6.23. The van der Waals surface area contributed by atoms with Crippen LogP contribution in [0.2, 0.25) is 5.02 Å². The fourth-order valence-corrected chi connectivity index (χ4v) is 3.82. The SMILES string of the molecule is Cc1cc(Br)c(NC2CCC(C(C)(C)C)CC2)cc1Cl. The van der Waals surface area contributed by atoms with Gasteiger partial charge in [-0.2, -0.15) is 0 Å². The fraction of sp³-hybridized carbons (Fsp3) is 0.647. The molecule has 0 radical (unpaired) electrons. The predicted molar refractivity (Wildman–Crippen MR) is 92.7 cm³/mol. The summed E-state index contributed by atoms with van der Waals surface area (Å²) in [5, 5.41) is 4.49. The first-order chi connectivity index (χ1) is 9.27. The van der Waals surface area contributed by atoms with Crippen LogP contribution in [0.4, 0.5) is 5.69 Å². The van der Waals surface area contributed by atoms with E-state index in [4.69, 9.17) is 11.6 Å². The second kappa shape index (κ2) is 6.27. The fourth-order valence-electron chi connectivity index (χ4n) is 3.08. The molecule has 0 bridgehead atoms. The Labute approximate surface area is 136 Å². The number of rotatable bonds is 2. The van der Waals surface area contributed by atoms with Gasteiger partial charge < -0.3 is 5.32 Å². The van der Waals surface area contributed by atoms with Crippen molar-refractivity contribution in [2.24, 2.45) is 11.3 Å². The average molecular weight is 359 g/mol. The van der Waals surface area contributed by atoms with Gasteiger partial charge in [-0.15, -0.1) is 0 Å². The van der Waals surface area contributed by atoms with Gasteiger partial charge in [0.1, 0.15) is 0 Å². The molecular formula is C17H25BrClN. The summed E-state index contributed by atoms with van der Waals surface area (Å²) in [6, 6.07) is 4.70. The van der Waals surface area contributed by atoms with Gasteiger partial charge in [0.2, 0.25) is 0 Å². The Morgan fingerprint density at radius 3 is 2.30 bits per heavy atom. The third-order valence-corrected chi connectivity index (χ3v) is 5.62. The van der Waals surface area contributed by atoms with Crippen molar-refractivity contribution in [1.82, 2.24) is 0 Å². The lowest BCUT2D eigenvalue weighted by Crippen LogP contribution is -2.31. The standard InChI is InChI=1S/C17H25BrClN/c1-11-9-14(18)16(10-15(11)19)20-13-7-5-12(6-8-13)17(2,3)4/h9-10,12-13,20H,5-8H2,1-4H3. The lowest BCUT2D eigenvalue weighted by Gasteiger charge is -2.37. The molecular weight excluding hydrogens is 334 g/mol. The van der Waals surface area contributed by atoms with E-state index in [-0.39, 0.29) is 0 Å². The molecule has 0 atom stereocenters. The van der Waals surface area contributed by atoms with E-state index >= 15 is 0 Å². The van der Waals surface area contributed by atoms with E-state index in [9.17, 15) is 0 Å². The van der Waals surface area contributed by atoms with Crippen LogP contribution in [-0.4, -0.2) is 6.04 Å². The Kier molecular flexibility index (Phi) is 5.07. The Hall–Kier alpha value is -0.210. The largest absolute Gasteiger partial charge is 0.381 e. The molecule has 1 aliphatic carbocycles. The first kappa shape index (κ1) is 16.2. The number of nitrogens with one attached hydrogen (secondary N) is 1. The Morgan fingerprint density at radius 1 is 1.15 bits per heavy atom. The highest BCUT2D eigenvalue weighted by atomic mass is 79.9. The molecule has 1 aliphatic rings. The Morgan fingerprint density at radius 2 is 1.75 bits per heavy atom. The predicted octanol–water partition coefficient (Wildman–Crippen LogP) is 6.43. The van der Waals surface area contributed by atoms with E-state index in [1.54, 1.807) is 0 Å². The topological polar surface area (TPSA) is 12.0 Å². The van der Waals surface area contributed by atoms with Gasteiger partial charge in [-0.25, -0.2) is 0 Å². The van der Waals surface area contributed by atoms with Crippen LogP contribution in [-0.2, 0) is 0 Å². The number of aryl methyl sites for hydroxylation is 1. The van der Waals surface area contributed by atoms with Crippen LogP contribution in [0.5, 0.6) is 0 Å². The van der Waals surface area contributed by atoms with Crippen LogP contribution in [0.25, 0.3) is 0 Å². The third kappa shape index (κ3) is 3.92. The molecule has 1 nitrogen and oxygen atoms in total. The van der Waals surface area contributed by atoms with Crippen LogP contribution in [0.3, 0.4) is 0 Å². The zero-order valence-electron chi connectivity index (χ0n) is 12.9. The maximum Gasteiger partial charge on any atom is 0.0501 e. The van der Waals surface area contributed by atoms with Crippen molar-refractivity contribution in [1.29, 1.82) is 0 Å². The molecule has 0 aromatic heterocycles. The molecule has 1 saturated carbocycles. The average Bonchev–Trinajstić information content (AvgIpc) is 2.35. The molecule has 1 aromatic rings. The summed E-state index contributed by atoms with van der Waals surface area (Å²) >= 11 is 9.86. The highest BCUT2D eigenvalue weighted by Crippen LogP contribution is 2.39. The summed E-state index contributed by atoms with van der Waals surface area (Å²) in [7, 11) is 0. The quantitative estimate of drug-likeness (QED) is 0.642. The molecule has 20 heavy (non-hydrogen) atoms. The van der Waals surface area contributed by atoms with Crippen molar-refractivity contribution in [2.75, 3.05) is 5.32 Å². The van der Waals surface area contributed by atoms with Crippen LogP contribution >= 0.6 is 27.5 Å². The number of hydrogen-bond donors (Lipinski definition) is 1. The van der Waals surface area contributed by atoms with Crippen molar-refractivity contribution >= 4 is 33.2 Å². The molecule has 2 rings (SSSR count). The normalized spacial score (nSPS) is 23.7. The lowest BCUT2D eigenvalue weighted by molar-refractivity contribution is 0.173. The second-order valence-corrected chi connectivity index (χ2v) is 8.40. The molecule has 0 saturated heterocycles. The smallest absolute Gasteiger partial charge is 0.0501 e. The van der Waals surface area contributed by atoms with Gasteiger partial charge in [-0.05, 0) is 77.6 Å². The molecule has 0 amide bonds. The van der Waals surface area contributed by atoms with E-state index in [1.807, 2.05) is 13.0 Å². The van der Waals surface area contributed by atoms with E-state index in [0.717, 1.165) is 26.7 Å². The second-order valence-electron chi connectivity index (χ2n) is 7.14. The van der Waals surface area contributed by atoms with E-state index in [0.29, 0.717) is 11.5 Å². The summed E-state index contributed by atoms with van der Waals surface area (Å²) in [5.74, 6) is 0.852. The van der Waals surface area contributed by atoms with Crippen molar-refractivity contribution in [3.63, 3.8) is 0 Å². The first-order valence-corrected chi connectivity index (χ1v) is 8.66. The summed E-state index contributed by atoms with van der Waals surface area (Å²) in [4.78, 5) is 0. The Balaban J connectivity index is 1.98. The Bertz CT molecular complexity index is 471.